The fourth-order valence-corrected chi connectivity index (χ4v) is 5.83. The Bertz CT molecular complexity index is 1050. The molecule has 3 N–H and O–H groups in total. The molecule has 0 bridgehead atoms. The maximum absolute atomic E-state index is 13.9. The van der Waals surface area contributed by atoms with Gasteiger partial charge >= 0.3 is 12.1 Å². The number of unbranched alkanes of at least 4 members (excludes halogenated alkanes) is 3. The zero-order valence-electron chi connectivity index (χ0n) is 29.6. The van der Waals surface area contributed by atoms with E-state index in [1.54, 1.807) is 11.9 Å². The number of rotatable bonds is 22. The van der Waals surface area contributed by atoms with E-state index in [-0.39, 0.29) is 42.6 Å². The van der Waals surface area contributed by atoms with Crippen LogP contribution in [0.3, 0.4) is 0 Å². The lowest BCUT2D eigenvalue weighted by molar-refractivity contribution is -0.148. The van der Waals surface area contributed by atoms with Crippen molar-refractivity contribution in [3.63, 3.8) is 0 Å². The third-order valence-electron chi connectivity index (χ3n) is 8.61. The third kappa shape index (κ3) is 14.1. The van der Waals surface area contributed by atoms with Crippen molar-refractivity contribution < 1.29 is 33.8 Å². The van der Waals surface area contributed by atoms with E-state index in [0.717, 1.165) is 37.7 Å². The van der Waals surface area contributed by atoms with Crippen molar-refractivity contribution in [3.05, 3.63) is 35.9 Å². The highest BCUT2D eigenvalue weighted by Gasteiger charge is 2.38. The summed E-state index contributed by atoms with van der Waals surface area (Å²) >= 11 is 0. The molecule has 0 aliphatic rings. The van der Waals surface area contributed by atoms with Gasteiger partial charge in [0.1, 0.15) is 12.6 Å². The van der Waals surface area contributed by atoms with Gasteiger partial charge in [0.25, 0.3) is 0 Å². The molecule has 262 valence electrons. The minimum Gasteiger partial charge on any atom is -0.481 e. The number of carboxylic acid groups (broad SMARTS) is 1. The molecule has 5 atom stereocenters. The molecule has 1 unspecified atom stereocenters. The summed E-state index contributed by atoms with van der Waals surface area (Å²) in [5.74, 6) is -1.64. The van der Waals surface area contributed by atoms with E-state index in [9.17, 15) is 24.3 Å². The quantitative estimate of drug-likeness (QED) is 0.151. The number of alkyl carbamates (subject to hydrolysis) is 1. The molecule has 11 nitrogen and oxygen atoms in total. The van der Waals surface area contributed by atoms with Crippen LogP contribution in [0.15, 0.2) is 30.3 Å². The first-order chi connectivity index (χ1) is 21.7. The van der Waals surface area contributed by atoms with Crippen LogP contribution >= 0.6 is 0 Å². The standard InChI is InChI=1S/C35H60N4O7/c1-10-26(6)32(28(45-9)22-29(40)41)39(8)34(43)30(24(2)3)37-33(42)31(25(4)5)38(7)21-17-12-11-16-20-36-35(44)46-23-27-18-14-13-15-19-27/h13-15,18-19,24-26,28,30-32H,10-12,16-17,20-23H2,1-9H3,(H,36,44)(H,37,42)(H,40,41)/t26-,28?,30-,31-,32-/m0/s1. The van der Waals surface area contributed by atoms with Crippen molar-refractivity contribution in [2.75, 3.05) is 34.3 Å². The molecule has 0 saturated heterocycles. The van der Waals surface area contributed by atoms with Crippen LogP contribution in [0, 0.1) is 17.8 Å². The number of carbonyl (C=O) groups excluding carboxylic acids is 3. The van der Waals surface area contributed by atoms with Gasteiger partial charge < -0.3 is 30.1 Å². The van der Waals surface area contributed by atoms with Gasteiger partial charge in [-0.15, -0.1) is 0 Å². The molecular formula is C35H60N4O7. The number of hydrogen-bond donors (Lipinski definition) is 3. The molecule has 0 spiro atoms. The Balaban J connectivity index is 2.68. The fraction of sp³-hybridized carbons (Fsp3) is 0.714. The second-order valence-corrected chi connectivity index (χ2v) is 13.0. The van der Waals surface area contributed by atoms with Crippen molar-refractivity contribution in [2.45, 2.75) is 111 Å². The Kier molecular flexibility index (Phi) is 19.2. The maximum Gasteiger partial charge on any atom is 0.407 e. The van der Waals surface area contributed by atoms with Crippen molar-refractivity contribution in [2.24, 2.45) is 17.8 Å². The second kappa shape index (κ2) is 21.6. The van der Waals surface area contributed by atoms with Gasteiger partial charge in [-0.25, -0.2) is 4.79 Å². The van der Waals surface area contributed by atoms with E-state index in [0.29, 0.717) is 13.1 Å². The lowest BCUT2D eigenvalue weighted by Crippen LogP contribution is -2.59. The van der Waals surface area contributed by atoms with Crippen LogP contribution in [-0.2, 0) is 30.5 Å². The highest BCUT2D eigenvalue weighted by atomic mass is 16.5. The van der Waals surface area contributed by atoms with Crippen molar-refractivity contribution in [1.29, 1.82) is 0 Å². The summed E-state index contributed by atoms with van der Waals surface area (Å²) in [4.78, 5) is 54.6. The van der Waals surface area contributed by atoms with Crippen LogP contribution < -0.4 is 10.6 Å². The summed E-state index contributed by atoms with van der Waals surface area (Å²) in [5.41, 5.74) is 0.942. The molecule has 0 fully saturated rings. The average Bonchev–Trinajstić information content (AvgIpc) is 3.01. The average molecular weight is 649 g/mol. The highest BCUT2D eigenvalue weighted by Crippen LogP contribution is 2.23. The predicted molar refractivity (Wildman–Crippen MR) is 180 cm³/mol. The van der Waals surface area contributed by atoms with Crippen LogP contribution in [-0.4, -0.2) is 97.3 Å². The first-order valence-corrected chi connectivity index (χ1v) is 16.7. The van der Waals surface area contributed by atoms with Crippen LogP contribution in [0.2, 0.25) is 0 Å². The number of nitrogens with zero attached hydrogens (tertiary/aromatic N) is 2. The third-order valence-corrected chi connectivity index (χ3v) is 8.61. The van der Waals surface area contributed by atoms with Gasteiger partial charge in [0.05, 0.1) is 24.6 Å². The zero-order chi connectivity index (χ0) is 34.8. The van der Waals surface area contributed by atoms with Crippen molar-refractivity contribution in [3.8, 4) is 0 Å². The number of carboxylic acids is 1. The first-order valence-electron chi connectivity index (χ1n) is 16.7. The van der Waals surface area contributed by atoms with Gasteiger partial charge in [-0.3, -0.25) is 19.3 Å². The lowest BCUT2D eigenvalue weighted by Gasteiger charge is -2.40. The highest BCUT2D eigenvalue weighted by molar-refractivity contribution is 5.90. The van der Waals surface area contributed by atoms with Gasteiger partial charge in [0, 0.05) is 20.7 Å². The fourth-order valence-electron chi connectivity index (χ4n) is 5.83. The van der Waals surface area contributed by atoms with E-state index >= 15 is 0 Å². The molecule has 0 saturated carbocycles. The minimum absolute atomic E-state index is 0.0121. The normalized spacial score (nSPS) is 14.8. The van der Waals surface area contributed by atoms with Crippen molar-refractivity contribution in [1.82, 2.24) is 20.4 Å². The Morgan fingerprint density at radius 2 is 1.54 bits per heavy atom. The summed E-state index contributed by atoms with van der Waals surface area (Å²) in [6.45, 7) is 13.2. The molecule has 11 heteroatoms. The molecule has 1 aromatic carbocycles. The minimum atomic E-state index is -0.992. The van der Waals surface area contributed by atoms with Crippen LogP contribution in [0.4, 0.5) is 4.79 Å². The van der Waals surface area contributed by atoms with E-state index in [1.807, 2.05) is 83.8 Å². The molecule has 0 aliphatic heterocycles. The monoisotopic (exact) mass is 648 g/mol. The molecule has 3 amide bonds. The predicted octanol–water partition coefficient (Wildman–Crippen LogP) is 4.93. The molecule has 1 rings (SSSR count). The summed E-state index contributed by atoms with van der Waals surface area (Å²) in [6, 6.07) is 7.88. The van der Waals surface area contributed by atoms with E-state index in [4.69, 9.17) is 9.47 Å². The number of ether oxygens (including phenoxy) is 2. The van der Waals surface area contributed by atoms with E-state index < -0.39 is 36.3 Å². The van der Waals surface area contributed by atoms with Crippen molar-refractivity contribution >= 4 is 23.9 Å². The summed E-state index contributed by atoms with van der Waals surface area (Å²) in [7, 11) is 5.07. The molecule has 0 aliphatic carbocycles. The Labute approximate surface area is 276 Å². The van der Waals surface area contributed by atoms with Gasteiger partial charge in [-0.2, -0.15) is 0 Å². The number of amides is 3. The summed E-state index contributed by atoms with van der Waals surface area (Å²) in [6.07, 6.45) is 3.01. The number of hydrogen-bond acceptors (Lipinski definition) is 7. The molecule has 0 radical (unpaired) electrons. The van der Waals surface area contributed by atoms with Gasteiger partial charge in [0.15, 0.2) is 0 Å². The maximum atomic E-state index is 13.9. The van der Waals surface area contributed by atoms with Gasteiger partial charge in [0.2, 0.25) is 11.8 Å². The Hall–Kier alpha value is -3.18. The van der Waals surface area contributed by atoms with Gasteiger partial charge in [-0.05, 0) is 49.8 Å². The van der Waals surface area contributed by atoms with Crippen LogP contribution in [0.1, 0.15) is 85.6 Å². The van der Waals surface area contributed by atoms with E-state index in [2.05, 4.69) is 10.6 Å². The molecule has 0 heterocycles. The number of nitrogens with one attached hydrogen (secondary N) is 2. The number of likely N-dealkylation sites (N-methyl/N-ethyl adjacent to an activating group) is 2. The smallest absolute Gasteiger partial charge is 0.407 e. The van der Waals surface area contributed by atoms with Crippen LogP contribution in [0.25, 0.3) is 0 Å². The number of aliphatic carboxylic acids is 1. The Morgan fingerprint density at radius 1 is 0.913 bits per heavy atom. The molecule has 46 heavy (non-hydrogen) atoms. The zero-order valence-corrected chi connectivity index (χ0v) is 29.6. The molecule has 1 aromatic rings. The first kappa shape index (κ1) is 40.8. The largest absolute Gasteiger partial charge is 0.481 e. The lowest BCUT2D eigenvalue weighted by atomic mass is 9.90. The summed E-state index contributed by atoms with van der Waals surface area (Å²) < 4.78 is 10.8. The van der Waals surface area contributed by atoms with E-state index in [1.165, 1.54) is 7.11 Å². The number of benzene rings is 1. The SMILES string of the molecule is CC[C@H](C)[C@@H](C(CC(=O)O)OC)N(C)C(=O)[C@@H](NC(=O)[C@H](C(C)C)N(C)CCCCCCNC(=O)OCc1ccccc1)C(C)C. The second-order valence-electron chi connectivity index (χ2n) is 13.0. The topological polar surface area (TPSA) is 138 Å². The number of methoxy groups -OCH3 is 1. The number of carbonyl (C=O) groups is 4. The molecular weight excluding hydrogens is 588 g/mol. The molecule has 0 aromatic heterocycles. The summed E-state index contributed by atoms with van der Waals surface area (Å²) in [5, 5.41) is 15.3. The van der Waals surface area contributed by atoms with Gasteiger partial charge in [-0.1, -0.05) is 91.1 Å². The Morgan fingerprint density at radius 3 is 2.09 bits per heavy atom. The van der Waals surface area contributed by atoms with Crippen LogP contribution in [0.5, 0.6) is 0 Å².